The number of aromatic nitrogens is 1. The molecule has 1 amide bonds. The van der Waals surface area contributed by atoms with Gasteiger partial charge in [-0.15, -0.1) is 6.42 Å². The molecule has 3 aliphatic heterocycles. The molecule has 2 aromatic rings. The van der Waals surface area contributed by atoms with Gasteiger partial charge in [-0.3, -0.25) is 4.79 Å². The zero-order valence-electron chi connectivity index (χ0n) is 16.4. The number of anilines is 1. The van der Waals surface area contributed by atoms with Crippen LogP contribution in [0.25, 0.3) is 0 Å². The number of ether oxygens (including phenoxy) is 1. The first-order chi connectivity index (χ1) is 14.5. The zero-order chi connectivity index (χ0) is 20.9. The Morgan fingerprint density at radius 3 is 2.70 bits per heavy atom. The van der Waals surface area contributed by atoms with Gasteiger partial charge in [0, 0.05) is 37.7 Å². The fourth-order valence-corrected chi connectivity index (χ4v) is 4.91. The normalized spacial score (nSPS) is 24.9. The summed E-state index contributed by atoms with van der Waals surface area (Å²) in [6.07, 6.45) is 8.85. The molecule has 3 saturated heterocycles. The van der Waals surface area contributed by atoms with E-state index in [9.17, 15) is 13.6 Å². The molecule has 0 saturated carbocycles. The van der Waals surface area contributed by atoms with Gasteiger partial charge >= 0.3 is 0 Å². The lowest BCUT2D eigenvalue weighted by Crippen LogP contribution is -2.50. The van der Waals surface area contributed by atoms with Gasteiger partial charge in [0.2, 0.25) is 0 Å². The van der Waals surface area contributed by atoms with Crippen LogP contribution in [0.2, 0.25) is 0 Å². The third kappa shape index (κ3) is 2.94. The van der Waals surface area contributed by atoms with E-state index < -0.39 is 11.4 Å². The summed E-state index contributed by atoms with van der Waals surface area (Å²) < 4.78 is 34.4. The predicted molar refractivity (Wildman–Crippen MR) is 106 cm³/mol. The maximum atomic E-state index is 14.4. The van der Waals surface area contributed by atoms with Gasteiger partial charge in [0.15, 0.2) is 17.2 Å². The van der Waals surface area contributed by atoms with Gasteiger partial charge in [-0.1, -0.05) is 18.1 Å². The van der Waals surface area contributed by atoms with Gasteiger partial charge in [-0.05, 0) is 36.6 Å². The number of carbonyl (C=O) groups is 1. The highest BCUT2D eigenvalue weighted by atomic mass is 19.1. The van der Waals surface area contributed by atoms with Gasteiger partial charge in [-0.25, -0.2) is 13.8 Å². The number of nitrogens with zero attached hydrogens (tertiary/aromatic N) is 3. The minimum atomic E-state index is -0.900. The van der Waals surface area contributed by atoms with Crippen LogP contribution < -0.4 is 4.90 Å². The van der Waals surface area contributed by atoms with Gasteiger partial charge in [0.05, 0.1) is 6.04 Å². The monoisotopic (exact) mass is 409 g/mol. The van der Waals surface area contributed by atoms with Crippen molar-refractivity contribution in [1.82, 2.24) is 9.88 Å². The minimum Gasteiger partial charge on any atom is -0.354 e. The van der Waals surface area contributed by atoms with Crippen molar-refractivity contribution in [1.29, 1.82) is 0 Å². The summed E-state index contributed by atoms with van der Waals surface area (Å²) in [5.74, 6) is 1.79. The van der Waals surface area contributed by atoms with Gasteiger partial charge in [0.1, 0.15) is 12.0 Å². The summed E-state index contributed by atoms with van der Waals surface area (Å²) in [7, 11) is 0. The molecule has 0 N–H and O–H groups in total. The Bertz CT molecular complexity index is 1040. The predicted octanol–water partition coefficient (Wildman–Crippen LogP) is 3.40. The van der Waals surface area contributed by atoms with E-state index in [1.54, 1.807) is 11.0 Å². The Hall–Kier alpha value is -2.98. The second-order valence-electron chi connectivity index (χ2n) is 8.09. The summed E-state index contributed by atoms with van der Waals surface area (Å²) in [4.78, 5) is 21.2. The second-order valence-corrected chi connectivity index (χ2v) is 8.09. The first kappa shape index (κ1) is 19.0. The lowest BCUT2D eigenvalue weighted by Gasteiger charge is -2.38. The van der Waals surface area contributed by atoms with Crippen molar-refractivity contribution in [2.45, 2.75) is 43.6 Å². The average molecular weight is 409 g/mol. The Kier molecular flexibility index (Phi) is 4.48. The third-order valence-electron chi connectivity index (χ3n) is 6.41. The zero-order valence-corrected chi connectivity index (χ0v) is 16.4. The van der Waals surface area contributed by atoms with E-state index in [1.165, 1.54) is 24.4 Å². The van der Waals surface area contributed by atoms with E-state index in [0.717, 1.165) is 18.4 Å². The number of terminal acetylenes is 1. The molecule has 7 heteroatoms. The topological polar surface area (TPSA) is 45.7 Å². The van der Waals surface area contributed by atoms with E-state index >= 15 is 0 Å². The number of halogens is 2. The van der Waals surface area contributed by atoms with Crippen molar-refractivity contribution in [2.24, 2.45) is 0 Å². The van der Waals surface area contributed by atoms with Crippen molar-refractivity contribution in [3.8, 4) is 12.3 Å². The van der Waals surface area contributed by atoms with E-state index in [4.69, 9.17) is 11.2 Å². The quantitative estimate of drug-likeness (QED) is 0.714. The number of piperidine rings is 1. The summed E-state index contributed by atoms with van der Waals surface area (Å²) in [5, 5.41) is 0. The van der Waals surface area contributed by atoms with Crippen LogP contribution in [0.1, 0.15) is 42.9 Å². The molecule has 0 unspecified atom stereocenters. The highest BCUT2D eigenvalue weighted by molar-refractivity contribution is 5.88. The molecule has 1 aromatic carbocycles. The molecule has 1 aromatic heterocycles. The molecule has 4 heterocycles. The highest BCUT2D eigenvalue weighted by Crippen LogP contribution is 2.47. The standard InChI is InChI=1S/C23H21F2N3O2/c1-2-15-12-18(25)21(26-14-15)27-10-8-23(9-11-27)22(29)28-19(6-7-20(28)30-23)16-4-3-5-17(24)13-16/h1,3-5,12-14,19-20H,6-11H2/t19-,20+/m0/s1. The Morgan fingerprint density at radius 2 is 2.00 bits per heavy atom. The van der Waals surface area contributed by atoms with Crippen molar-refractivity contribution >= 4 is 11.7 Å². The maximum absolute atomic E-state index is 14.4. The summed E-state index contributed by atoms with van der Waals surface area (Å²) in [6, 6.07) is 7.53. The van der Waals surface area contributed by atoms with Crippen LogP contribution in [0.5, 0.6) is 0 Å². The van der Waals surface area contributed by atoms with Crippen molar-refractivity contribution in [3.63, 3.8) is 0 Å². The highest BCUT2D eigenvalue weighted by Gasteiger charge is 2.58. The Balaban J connectivity index is 1.33. The number of benzene rings is 1. The molecule has 5 rings (SSSR count). The largest absolute Gasteiger partial charge is 0.354 e. The number of pyridine rings is 1. The molecule has 2 atom stereocenters. The molecular formula is C23H21F2N3O2. The smallest absolute Gasteiger partial charge is 0.257 e. The van der Waals surface area contributed by atoms with Crippen LogP contribution >= 0.6 is 0 Å². The van der Waals surface area contributed by atoms with Crippen LogP contribution in [-0.4, -0.2) is 40.7 Å². The van der Waals surface area contributed by atoms with Crippen molar-refractivity contribution < 1.29 is 18.3 Å². The number of hydrogen-bond donors (Lipinski definition) is 0. The number of hydrogen-bond acceptors (Lipinski definition) is 4. The fraction of sp³-hybridized carbons (Fsp3) is 0.391. The summed E-state index contributed by atoms with van der Waals surface area (Å²) in [6.45, 7) is 0.909. The van der Waals surface area contributed by atoms with E-state index in [0.29, 0.717) is 31.5 Å². The van der Waals surface area contributed by atoms with E-state index in [1.807, 2.05) is 11.0 Å². The molecule has 0 aliphatic carbocycles. The van der Waals surface area contributed by atoms with Crippen LogP contribution in [0.4, 0.5) is 14.6 Å². The Morgan fingerprint density at radius 1 is 1.20 bits per heavy atom. The van der Waals surface area contributed by atoms with Gasteiger partial charge in [-0.2, -0.15) is 0 Å². The van der Waals surface area contributed by atoms with E-state index in [-0.39, 0.29) is 29.8 Å². The van der Waals surface area contributed by atoms with Crippen LogP contribution in [0.15, 0.2) is 36.5 Å². The fourth-order valence-electron chi connectivity index (χ4n) is 4.91. The molecule has 3 fully saturated rings. The Labute approximate surface area is 173 Å². The number of amides is 1. The van der Waals surface area contributed by atoms with Crippen LogP contribution in [0, 0.1) is 24.0 Å². The number of carbonyl (C=O) groups excluding carboxylic acids is 1. The second kappa shape index (κ2) is 7.06. The third-order valence-corrected chi connectivity index (χ3v) is 6.41. The average Bonchev–Trinajstić information content (AvgIpc) is 3.27. The molecule has 1 spiro atoms. The van der Waals surface area contributed by atoms with E-state index in [2.05, 4.69) is 10.9 Å². The van der Waals surface area contributed by atoms with Crippen molar-refractivity contribution in [2.75, 3.05) is 18.0 Å². The molecule has 0 bridgehead atoms. The SMILES string of the molecule is C#Cc1cnc(N2CCC3(CC2)O[C@@H]2CC[C@@H](c4cccc(F)c4)N2C3=O)c(F)c1. The molecular weight excluding hydrogens is 388 g/mol. The molecule has 0 radical (unpaired) electrons. The van der Waals surface area contributed by atoms with Gasteiger partial charge in [0.25, 0.3) is 5.91 Å². The maximum Gasteiger partial charge on any atom is 0.257 e. The molecule has 30 heavy (non-hydrogen) atoms. The number of rotatable bonds is 2. The molecule has 3 aliphatic rings. The molecule has 154 valence electrons. The first-order valence-electron chi connectivity index (χ1n) is 10.1. The number of fused-ring (bicyclic) bond motifs is 1. The summed E-state index contributed by atoms with van der Waals surface area (Å²) >= 11 is 0. The van der Waals surface area contributed by atoms with Crippen LogP contribution in [0.3, 0.4) is 0 Å². The first-order valence-corrected chi connectivity index (χ1v) is 10.1. The lowest BCUT2D eigenvalue weighted by molar-refractivity contribution is -0.140. The van der Waals surface area contributed by atoms with Gasteiger partial charge < -0.3 is 14.5 Å². The summed E-state index contributed by atoms with van der Waals surface area (Å²) in [5.41, 5.74) is 0.287. The van der Waals surface area contributed by atoms with Crippen LogP contribution in [-0.2, 0) is 9.53 Å². The lowest BCUT2D eigenvalue weighted by atomic mass is 9.89. The van der Waals surface area contributed by atoms with Crippen molar-refractivity contribution in [3.05, 3.63) is 59.3 Å². The molecule has 5 nitrogen and oxygen atoms in total. The minimum absolute atomic E-state index is 0.0463.